The van der Waals surface area contributed by atoms with Crippen LogP contribution in [0.15, 0.2) is 12.1 Å². The van der Waals surface area contributed by atoms with Crippen molar-refractivity contribution in [2.45, 2.75) is 25.3 Å². The summed E-state index contributed by atoms with van der Waals surface area (Å²) in [6.45, 7) is 2.74. The highest BCUT2D eigenvalue weighted by Gasteiger charge is 2.20. The Hall–Kier alpha value is -1.13. The van der Waals surface area contributed by atoms with Gasteiger partial charge in [-0.05, 0) is 32.5 Å². The quantitative estimate of drug-likeness (QED) is 0.859. The predicted octanol–water partition coefficient (Wildman–Crippen LogP) is 1.36. The van der Waals surface area contributed by atoms with Gasteiger partial charge in [-0.25, -0.2) is 4.98 Å². The molecule has 1 aliphatic rings. The minimum absolute atomic E-state index is 0.473. The minimum Gasteiger partial charge on any atom is -0.481 e. The summed E-state index contributed by atoms with van der Waals surface area (Å²) in [4.78, 5) is 6.95. The second kappa shape index (κ2) is 5.47. The Balaban J connectivity index is 2.20. The van der Waals surface area contributed by atoms with Gasteiger partial charge in [0.2, 0.25) is 5.88 Å². The summed E-state index contributed by atoms with van der Waals surface area (Å²) in [5.41, 5.74) is 7.75. The van der Waals surface area contributed by atoms with Crippen molar-refractivity contribution in [1.82, 2.24) is 9.88 Å². The first kappa shape index (κ1) is 12.3. The molecule has 0 saturated carbocycles. The number of likely N-dealkylation sites (tertiary alicyclic amines) is 1. The molecule has 17 heavy (non-hydrogen) atoms. The fourth-order valence-corrected chi connectivity index (χ4v) is 2.45. The third-order valence-corrected chi connectivity index (χ3v) is 3.42. The maximum atomic E-state index is 5.65. The molecule has 0 aliphatic carbocycles. The summed E-state index contributed by atoms with van der Waals surface area (Å²) in [6, 6.07) is 4.13. The van der Waals surface area contributed by atoms with Gasteiger partial charge in [-0.1, -0.05) is 6.07 Å². The summed E-state index contributed by atoms with van der Waals surface area (Å²) in [5, 5.41) is 0. The number of hydrogen-bond acceptors (Lipinski definition) is 4. The lowest BCUT2D eigenvalue weighted by molar-refractivity contribution is 0.247. The molecule has 1 aromatic rings. The first-order valence-electron chi connectivity index (χ1n) is 6.17. The summed E-state index contributed by atoms with van der Waals surface area (Å²) in [6.07, 6.45) is 2.45. The molecule has 4 heteroatoms. The Bertz CT molecular complexity index is 381. The van der Waals surface area contributed by atoms with Gasteiger partial charge in [0.25, 0.3) is 0 Å². The van der Waals surface area contributed by atoms with Crippen molar-refractivity contribution >= 4 is 0 Å². The number of nitrogens with two attached hydrogens (primary N) is 1. The van der Waals surface area contributed by atoms with Crippen LogP contribution >= 0.6 is 0 Å². The molecule has 0 amide bonds. The van der Waals surface area contributed by atoms with Gasteiger partial charge < -0.3 is 15.4 Å². The molecule has 2 rings (SSSR count). The maximum absolute atomic E-state index is 5.65. The van der Waals surface area contributed by atoms with Crippen molar-refractivity contribution < 1.29 is 4.74 Å². The van der Waals surface area contributed by atoms with Crippen LogP contribution in [0.3, 0.4) is 0 Å². The van der Waals surface area contributed by atoms with E-state index < -0.39 is 0 Å². The highest BCUT2D eigenvalue weighted by atomic mass is 16.5. The van der Waals surface area contributed by atoms with E-state index in [4.69, 9.17) is 10.5 Å². The lowest BCUT2D eigenvalue weighted by Crippen LogP contribution is -2.31. The first-order valence-corrected chi connectivity index (χ1v) is 6.17. The molecule has 1 aliphatic heterocycles. The van der Waals surface area contributed by atoms with E-state index in [0.29, 0.717) is 18.3 Å². The Kier molecular flexibility index (Phi) is 3.97. The molecule has 0 bridgehead atoms. The predicted molar refractivity (Wildman–Crippen MR) is 68.2 cm³/mol. The second-order valence-electron chi connectivity index (χ2n) is 4.71. The monoisotopic (exact) mass is 235 g/mol. The maximum Gasteiger partial charge on any atom is 0.217 e. The van der Waals surface area contributed by atoms with Crippen molar-refractivity contribution in [3.05, 3.63) is 23.4 Å². The minimum atomic E-state index is 0.473. The molecule has 94 valence electrons. The number of rotatable bonds is 3. The van der Waals surface area contributed by atoms with Gasteiger partial charge in [-0.3, -0.25) is 0 Å². The Labute approximate surface area is 103 Å². The third kappa shape index (κ3) is 2.76. The number of pyridine rings is 1. The van der Waals surface area contributed by atoms with Crippen molar-refractivity contribution in [3.63, 3.8) is 0 Å². The molecule has 0 radical (unpaired) electrons. The van der Waals surface area contributed by atoms with Gasteiger partial charge in [0, 0.05) is 30.3 Å². The van der Waals surface area contributed by atoms with Crippen molar-refractivity contribution in [1.29, 1.82) is 0 Å². The number of methoxy groups -OCH3 is 1. The van der Waals surface area contributed by atoms with Gasteiger partial charge in [0.1, 0.15) is 0 Å². The summed E-state index contributed by atoms with van der Waals surface area (Å²) >= 11 is 0. The van der Waals surface area contributed by atoms with E-state index in [1.807, 2.05) is 6.07 Å². The van der Waals surface area contributed by atoms with Gasteiger partial charge in [-0.2, -0.15) is 0 Å². The smallest absolute Gasteiger partial charge is 0.217 e. The lowest BCUT2D eigenvalue weighted by Gasteiger charge is -2.29. The van der Waals surface area contributed by atoms with Crippen molar-refractivity contribution in [2.24, 2.45) is 5.73 Å². The highest BCUT2D eigenvalue weighted by Crippen LogP contribution is 2.27. The Morgan fingerprint density at radius 2 is 2.35 bits per heavy atom. The molecule has 1 fully saturated rings. The van der Waals surface area contributed by atoms with Crippen LogP contribution in [0, 0.1) is 0 Å². The Morgan fingerprint density at radius 1 is 1.53 bits per heavy atom. The van der Waals surface area contributed by atoms with Crippen LogP contribution in [0.1, 0.15) is 30.0 Å². The molecule has 2 heterocycles. The van der Waals surface area contributed by atoms with E-state index >= 15 is 0 Å². The van der Waals surface area contributed by atoms with Crippen LogP contribution < -0.4 is 10.5 Å². The zero-order chi connectivity index (χ0) is 12.3. The second-order valence-corrected chi connectivity index (χ2v) is 4.71. The van der Waals surface area contributed by atoms with Crippen LogP contribution in [-0.4, -0.2) is 37.1 Å². The molecule has 1 saturated heterocycles. The third-order valence-electron chi connectivity index (χ3n) is 3.42. The molecule has 0 spiro atoms. The molecule has 2 N–H and O–H groups in total. The number of aromatic nitrogens is 1. The number of likely N-dealkylation sites (N-methyl/N-ethyl adjacent to an activating group) is 1. The largest absolute Gasteiger partial charge is 0.481 e. The van der Waals surface area contributed by atoms with Crippen LogP contribution in [0.5, 0.6) is 5.88 Å². The molecule has 1 aromatic heterocycles. The number of ether oxygens (including phenoxy) is 1. The standard InChI is InChI=1S/C13H21N3O/c1-16-7-3-4-11(9-16)12-6-5-10(8-14)13(15-12)17-2/h5-6,11H,3-4,7-9,14H2,1-2H3. The van der Waals surface area contributed by atoms with Crippen LogP contribution in [0.4, 0.5) is 0 Å². The molecule has 0 aromatic carbocycles. The highest BCUT2D eigenvalue weighted by molar-refractivity contribution is 5.29. The molecule has 1 atom stereocenters. The van der Waals surface area contributed by atoms with E-state index in [0.717, 1.165) is 17.8 Å². The van der Waals surface area contributed by atoms with E-state index in [1.54, 1.807) is 7.11 Å². The topological polar surface area (TPSA) is 51.4 Å². The van der Waals surface area contributed by atoms with Crippen LogP contribution in [0.2, 0.25) is 0 Å². The zero-order valence-corrected chi connectivity index (χ0v) is 10.6. The molecule has 4 nitrogen and oxygen atoms in total. The van der Waals surface area contributed by atoms with Crippen molar-refractivity contribution in [3.8, 4) is 5.88 Å². The number of hydrogen-bond donors (Lipinski definition) is 1. The van der Waals surface area contributed by atoms with E-state index in [-0.39, 0.29) is 0 Å². The molecular formula is C13H21N3O. The van der Waals surface area contributed by atoms with Gasteiger partial charge in [0.15, 0.2) is 0 Å². The van der Waals surface area contributed by atoms with Crippen LogP contribution in [0.25, 0.3) is 0 Å². The van der Waals surface area contributed by atoms with E-state index in [2.05, 4.69) is 23.0 Å². The first-order chi connectivity index (χ1) is 8.24. The summed E-state index contributed by atoms with van der Waals surface area (Å²) in [5.74, 6) is 1.20. The van der Waals surface area contributed by atoms with Gasteiger partial charge in [0.05, 0.1) is 7.11 Å². The van der Waals surface area contributed by atoms with Crippen molar-refractivity contribution in [2.75, 3.05) is 27.2 Å². The number of piperidine rings is 1. The SMILES string of the molecule is COc1nc(C2CCCN(C)C2)ccc1CN. The lowest BCUT2D eigenvalue weighted by atomic mass is 9.94. The molecular weight excluding hydrogens is 214 g/mol. The zero-order valence-electron chi connectivity index (χ0n) is 10.6. The van der Waals surface area contributed by atoms with Gasteiger partial charge >= 0.3 is 0 Å². The van der Waals surface area contributed by atoms with Crippen LogP contribution in [-0.2, 0) is 6.54 Å². The summed E-state index contributed by atoms with van der Waals surface area (Å²) < 4.78 is 5.29. The fourth-order valence-electron chi connectivity index (χ4n) is 2.45. The normalized spacial score (nSPS) is 21.5. The molecule has 1 unspecified atom stereocenters. The van der Waals surface area contributed by atoms with Gasteiger partial charge in [-0.15, -0.1) is 0 Å². The fraction of sp³-hybridized carbons (Fsp3) is 0.615. The summed E-state index contributed by atoms with van der Waals surface area (Å²) in [7, 11) is 3.82. The average Bonchev–Trinajstić information content (AvgIpc) is 2.38. The van der Waals surface area contributed by atoms with E-state index in [9.17, 15) is 0 Å². The number of nitrogens with zero attached hydrogens (tertiary/aromatic N) is 2. The average molecular weight is 235 g/mol. The van der Waals surface area contributed by atoms with E-state index in [1.165, 1.54) is 19.4 Å². The Morgan fingerprint density at radius 3 is 3.00 bits per heavy atom.